The van der Waals surface area contributed by atoms with E-state index < -0.39 is 0 Å². The summed E-state index contributed by atoms with van der Waals surface area (Å²) >= 11 is 5.93. The quantitative estimate of drug-likeness (QED) is 0.337. The van der Waals surface area contributed by atoms with Gasteiger partial charge in [0.05, 0.1) is 17.0 Å². The number of amides is 1. The Morgan fingerprint density at radius 1 is 1.21 bits per heavy atom. The molecule has 2 aromatic heterocycles. The van der Waals surface area contributed by atoms with Gasteiger partial charge >= 0.3 is 0 Å². The monoisotopic (exact) mass is 487 g/mol. The lowest BCUT2D eigenvalue weighted by molar-refractivity contribution is -0.113. The van der Waals surface area contributed by atoms with Crippen molar-refractivity contribution in [2.45, 2.75) is 5.16 Å². The van der Waals surface area contributed by atoms with E-state index in [2.05, 4.69) is 41.4 Å². The summed E-state index contributed by atoms with van der Waals surface area (Å²) in [7, 11) is 0. The van der Waals surface area contributed by atoms with Crippen molar-refractivity contribution < 1.29 is 9.90 Å². The van der Waals surface area contributed by atoms with E-state index in [1.807, 2.05) is 35.7 Å². The van der Waals surface area contributed by atoms with E-state index in [1.165, 1.54) is 23.1 Å². The highest BCUT2D eigenvalue weighted by molar-refractivity contribution is 9.10. The zero-order chi connectivity index (χ0) is 20.2. The number of nitrogens with zero attached hydrogens (tertiary/aromatic N) is 3. The van der Waals surface area contributed by atoms with Gasteiger partial charge in [-0.1, -0.05) is 58.0 Å². The maximum absolute atomic E-state index is 12.2. The van der Waals surface area contributed by atoms with Crippen LogP contribution in [0.15, 0.2) is 63.5 Å². The van der Waals surface area contributed by atoms with Gasteiger partial charge in [-0.2, -0.15) is 0 Å². The van der Waals surface area contributed by atoms with Crippen LogP contribution in [0.4, 0.5) is 5.13 Å². The molecule has 3 N–H and O–H groups in total. The van der Waals surface area contributed by atoms with E-state index in [1.54, 1.807) is 18.2 Å². The van der Waals surface area contributed by atoms with E-state index in [0.717, 1.165) is 15.7 Å². The molecule has 0 saturated heterocycles. The van der Waals surface area contributed by atoms with Gasteiger partial charge in [0.1, 0.15) is 5.75 Å². The second-order valence-electron chi connectivity index (χ2n) is 5.87. The van der Waals surface area contributed by atoms with Gasteiger partial charge in [-0.25, -0.2) is 9.97 Å². The average Bonchev–Trinajstić information content (AvgIpc) is 3.39. The number of thiazole rings is 1. The van der Waals surface area contributed by atoms with Gasteiger partial charge in [0.15, 0.2) is 11.0 Å². The van der Waals surface area contributed by atoms with E-state index >= 15 is 0 Å². The third-order valence-corrected chi connectivity index (χ3v) is 5.93. The number of aromatic nitrogens is 4. The molecule has 0 aliphatic heterocycles. The SMILES string of the molecule is O=C(CSc1n[nH]c(-c2cc(Br)ccc2O)n1)Nc1nc(-c2ccccc2)cs1. The Bertz CT molecular complexity index is 1150. The summed E-state index contributed by atoms with van der Waals surface area (Å²) in [5, 5.41) is 22.5. The van der Waals surface area contributed by atoms with Crippen LogP contribution in [0.25, 0.3) is 22.6 Å². The van der Waals surface area contributed by atoms with Crippen molar-refractivity contribution in [3.05, 3.63) is 58.4 Å². The largest absolute Gasteiger partial charge is 0.507 e. The lowest BCUT2D eigenvalue weighted by Crippen LogP contribution is -2.13. The lowest BCUT2D eigenvalue weighted by atomic mass is 10.2. The number of nitrogens with one attached hydrogen (secondary N) is 2. The molecule has 10 heteroatoms. The molecule has 0 aliphatic rings. The normalized spacial score (nSPS) is 10.8. The molecule has 4 aromatic rings. The van der Waals surface area contributed by atoms with Crippen LogP contribution in [-0.4, -0.2) is 36.9 Å². The Labute approximate surface area is 182 Å². The van der Waals surface area contributed by atoms with E-state index in [0.29, 0.717) is 21.7 Å². The summed E-state index contributed by atoms with van der Waals surface area (Å²) in [4.78, 5) is 21.0. The molecule has 0 spiro atoms. The average molecular weight is 488 g/mol. The van der Waals surface area contributed by atoms with Crippen LogP contribution in [-0.2, 0) is 4.79 Å². The number of benzene rings is 2. The number of carbonyl (C=O) groups excluding carboxylic acids is 1. The molecular weight excluding hydrogens is 474 g/mol. The van der Waals surface area contributed by atoms with Gasteiger partial charge in [0, 0.05) is 15.4 Å². The van der Waals surface area contributed by atoms with Crippen LogP contribution in [0, 0.1) is 0 Å². The fraction of sp³-hybridized carbons (Fsp3) is 0.0526. The topological polar surface area (TPSA) is 104 Å². The van der Waals surface area contributed by atoms with Crippen molar-refractivity contribution in [3.8, 4) is 28.4 Å². The molecule has 29 heavy (non-hydrogen) atoms. The number of phenolic OH excluding ortho intramolecular Hbond substituents is 1. The molecule has 0 atom stereocenters. The van der Waals surface area contributed by atoms with Crippen molar-refractivity contribution >= 4 is 50.1 Å². The number of hydrogen-bond acceptors (Lipinski definition) is 7. The van der Waals surface area contributed by atoms with Crippen molar-refractivity contribution in [3.63, 3.8) is 0 Å². The van der Waals surface area contributed by atoms with Gasteiger partial charge in [-0.05, 0) is 18.2 Å². The first-order chi connectivity index (χ1) is 14.1. The Hall–Kier alpha value is -2.69. The third-order valence-electron chi connectivity index (χ3n) is 3.83. The van der Waals surface area contributed by atoms with Gasteiger partial charge in [0.2, 0.25) is 11.1 Å². The number of halogens is 1. The standard InChI is InChI=1S/C19H14BrN5O2S2/c20-12-6-7-15(26)13(8-12)17-23-19(25-24-17)29-10-16(27)22-18-21-14(9-28-18)11-4-2-1-3-5-11/h1-9,26H,10H2,(H,21,22,27)(H,23,24,25). The number of rotatable bonds is 6. The van der Waals surface area contributed by atoms with Crippen LogP contribution in [0.2, 0.25) is 0 Å². The van der Waals surface area contributed by atoms with Crippen molar-refractivity contribution in [1.29, 1.82) is 0 Å². The molecule has 7 nitrogen and oxygen atoms in total. The van der Waals surface area contributed by atoms with Gasteiger partial charge in [0.25, 0.3) is 0 Å². The van der Waals surface area contributed by atoms with Crippen LogP contribution < -0.4 is 5.32 Å². The first kappa shape index (κ1) is 19.6. The van der Waals surface area contributed by atoms with Crippen molar-refractivity contribution in [1.82, 2.24) is 20.2 Å². The van der Waals surface area contributed by atoms with Crippen LogP contribution in [0.5, 0.6) is 5.75 Å². The summed E-state index contributed by atoms with van der Waals surface area (Å²) in [5.41, 5.74) is 2.35. The number of aromatic hydroxyl groups is 1. The third kappa shape index (κ3) is 4.84. The zero-order valence-corrected chi connectivity index (χ0v) is 18.0. The van der Waals surface area contributed by atoms with E-state index in [9.17, 15) is 9.90 Å². The van der Waals surface area contributed by atoms with Gasteiger partial charge < -0.3 is 10.4 Å². The Morgan fingerprint density at radius 2 is 2.03 bits per heavy atom. The second kappa shape index (κ2) is 8.76. The van der Waals surface area contributed by atoms with Crippen molar-refractivity contribution in [2.24, 2.45) is 0 Å². The number of hydrogen-bond donors (Lipinski definition) is 3. The van der Waals surface area contributed by atoms with E-state index in [-0.39, 0.29) is 17.4 Å². The van der Waals surface area contributed by atoms with E-state index in [4.69, 9.17) is 0 Å². The number of thioether (sulfide) groups is 1. The molecule has 0 fully saturated rings. The Kier molecular flexibility index (Phi) is 5.93. The van der Waals surface area contributed by atoms with Gasteiger partial charge in [-0.3, -0.25) is 9.89 Å². The summed E-state index contributed by atoms with van der Waals surface area (Å²) < 4.78 is 0.814. The molecular formula is C19H14BrN5O2S2. The maximum Gasteiger partial charge on any atom is 0.236 e. The number of aromatic amines is 1. The fourth-order valence-corrected chi connectivity index (χ4v) is 4.18. The minimum Gasteiger partial charge on any atom is -0.507 e. The first-order valence-electron chi connectivity index (χ1n) is 8.43. The predicted molar refractivity (Wildman–Crippen MR) is 118 cm³/mol. The molecule has 2 heterocycles. The van der Waals surface area contributed by atoms with Gasteiger partial charge in [-0.15, -0.1) is 16.4 Å². The smallest absolute Gasteiger partial charge is 0.236 e. The number of anilines is 1. The molecule has 0 bridgehead atoms. The zero-order valence-electron chi connectivity index (χ0n) is 14.8. The predicted octanol–water partition coefficient (Wildman–Crippen LogP) is 4.79. The van der Waals surface area contributed by atoms with Crippen LogP contribution in [0.1, 0.15) is 0 Å². The summed E-state index contributed by atoms with van der Waals surface area (Å²) in [6, 6.07) is 14.8. The fourth-order valence-electron chi connectivity index (χ4n) is 2.49. The first-order valence-corrected chi connectivity index (χ1v) is 11.1. The molecule has 1 amide bonds. The molecule has 146 valence electrons. The molecule has 2 aromatic carbocycles. The van der Waals surface area contributed by atoms with Crippen molar-refractivity contribution in [2.75, 3.05) is 11.1 Å². The molecule has 0 aliphatic carbocycles. The molecule has 0 radical (unpaired) electrons. The summed E-state index contributed by atoms with van der Waals surface area (Å²) in [6.07, 6.45) is 0. The second-order valence-corrected chi connectivity index (χ2v) is 8.59. The lowest BCUT2D eigenvalue weighted by Gasteiger charge is -2.01. The molecule has 4 rings (SSSR count). The minimum absolute atomic E-state index is 0.0941. The highest BCUT2D eigenvalue weighted by Crippen LogP contribution is 2.30. The Morgan fingerprint density at radius 3 is 2.86 bits per heavy atom. The minimum atomic E-state index is -0.194. The molecule has 0 saturated carbocycles. The maximum atomic E-state index is 12.2. The van der Waals surface area contributed by atoms with Crippen LogP contribution in [0.3, 0.4) is 0 Å². The summed E-state index contributed by atoms with van der Waals surface area (Å²) in [5.74, 6) is 0.471. The number of carbonyl (C=O) groups is 1. The molecule has 0 unspecified atom stereocenters. The van der Waals surface area contributed by atoms with Crippen LogP contribution >= 0.6 is 39.0 Å². The number of phenols is 1. The number of H-pyrrole nitrogens is 1. The summed E-state index contributed by atoms with van der Waals surface area (Å²) in [6.45, 7) is 0. The highest BCUT2D eigenvalue weighted by atomic mass is 79.9. The Balaban J connectivity index is 1.35. The highest BCUT2D eigenvalue weighted by Gasteiger charge is 2.13.